The summed E-state index contributed by atoms with van der Waals surface area (Å²) in [6.45, 7) is 0. The largest absolute Gasteiger partial charge is 0.398 e. The molecule has 0 aliphatic rings. The molecule has 0 bridgehead atoms. The molecular formula is C14H13FN2S. The Balaban J connectivity index is 2.17. The summed E-state index contributed by atoms with van der Waals surface area (Å²) in [5.74, 6) is 0.359. The maximum Gasteiger partial charge on any atom is 0.138 e. The van der Waals surface area contributed by atoms with Gasteiger partial charge >= 0.3 is 0 Å². The van der Waals surface area contributed by atoms with Crippen LogP contribution >= 0.6 is 11.8 Å². The number of hydrogen-bond donors (Lipinski definition) is 2. The van der Waals surface area contributed by atoms with Gasteiger partial charge in [0.15, 0.2) is 0 Å². The van der Waals surface area contributed by atoms with Gasteiger partial charge in [-0.3, -0.25) is 0 Å². The summed E-state index contributed by atoms with van der Waals surface area (Å²) in [6, 6.07) is 12.8. The predicted molar refractivity (Wildman–Crippen MR) is 74.7 cm³/mol. The van der Waals surface area contributed by atoms with Gasteiger partial charge in [-0.15, -0.1) is 11.8 Å². The summed E-state index contributed by atoms with van der Waals surface area (Å²) in [5.41, 5.74) is 7.59. The van der Waals surface area contributed by atoms with Crippen LogP contribution in [0.15, 0.2) is 47.4 Å². The van der Waals surface area contributed by atoms with E-state index in [1.807, 2.05) is 30.3 Å². The van der Waals surface area contributed by atoms with E-state index in [0.29, 0.717) is 21.9 Å². The molecule has 2 aromatic carbocycles. The van der Waals surface area contributed by atoms with E-state index >= 15 is 0 Å². The number of hydrogen-bond acceptors (Lipinski definition) is 3. The molecule has 0 aliphatic heterocycles. The Morgan fingerprint density at radius 1 is 1.22 bits per heavy atom. The Morgan fingerprint density at radius 2 is 1.94 bits per heavy atom. The van der Waals surface area contributed by atoms with Gasteiger partial charge in [0.1, 0.15) is 5.82 Å². The number of nitrogens with two attached hydrogens (primary N) is 1. The van der Waals surface area contributed by atoms with Gasteiger partial charge < -0.3 is 11.1 Å². The van der Waals surface area contributed by atoms with Crippen LogP contribution in [0.5, 0.6) is 0 Å². The minimum absolute atomic E-state index is 0.298. The highest BCUT2D eigenvalue weighted by molar-refractivity contribution is 7.98. The summed E-state index contributed by atoms with van der Waals surface area (Å²) >= 11 is 1.40. The maximum atomic E-state index is 13.7. The molecule has 0 spiro atoms. The van der Waals surface area contributed by atoms with Gasteiger partial charge in [0, 0.05) is 28.1 Å². The monoisotopic (exact) mass is 260 g/mol. The van der Waals surface area contributed by atoms with Crippen molar-refractivity contribution in [1.82, 2.24) is 0 Å². The number of halogens is 1. The first-order valence-electron chi connectivity index (χ1n) is 5.47. The Labute approximate surface area is 110 Å². The van der Waals surface area contributed by atoms with Crippen LogP contribution in [0.25, 0.3) is 0 Å². The average molecular weight is 260 g/mol. The molecule has 0 amide bonds. The number of thioether (sulfide) groups is 1. The first-order valence-corrected chi connectivity index (χ1v) is 6.45. The smallest absolute Gasteiger partial charge is 0.138 e. The number of anilines is 1. The van der Waals surface area contributed by atoms with Gasteiger partial charge in [-0.2, -0.15) is 0 Å². The molecule has 0 saturated carbocycles. The van der Waals surface area contributed by atoms with Crippen LogP contribution in [0.1, 0.15) is 11.1 Å². The second kappa shape index (κ2) is 5.69. The van der Waals surface area contributed by atoms with Crippen LogP contribution in [-0.2, 0) is 5.75 Å². The molecule has 2 nitrogen and oxygen atoms in total. The van der Waals surface area contributed by atoms with Gasteiger partial charge in [0.25, 0.3) is 0 Å². The molecular weight excluding hydrogens is 247 g/mol. The minimum atomic E-state index is -0.334. The molecule has 3 N–H and O–H groups in total. The molecule has 2 rings (SSSR count). The predicted octanol–water partition coefficient (Wildman–Crippen LogP) is 3.70. The maximum absolute atomic E-state index is 13.7. The summed E-state index contributed by atoms with van der Waals surface area (Å²) in [5, 5.41) is 7.21. The number of nitrogen functional groups attached to an aromatic ring is 1. The fourth-order valence-corrected chi connectivity index (χ4v) is 2.48. The standard InChI is InChI=1S/C14H13FN2S/c15-12-7-13(17)11(8-16)6-14(12)18-9-10-4-2-1-3-5-10/h1-8,16H,9,17H2. The molecule has 0 aromatic heterocycles. The number of nitrogens with one attached hydrogen (secondary N) is 1. The second-order valence-corrected chi connectivity index (χ2v) is 4.85. The lowest BCUT2D eigenvalue weighted by Gasteiger charge is -2.07. The van der Waals surface area contributed by atoms with Gasteiger partial charge in [0.2, 0.25) is 0 Å². The summed E-state index contributed by atoms with van der Waals surface area (Å²) in [4.78, 5) is 0.520. The lowest BCUT2D eigenvalue weighted by molar-refractivity contribution is 0.602. The SMILES string of the molecule is N=Cc1cc(SCc2ccccc2)c(F)cc1N. The third-order valence-electron chi connectivity index (χ3n) is 2.53. The average Bonchev–Trinajstić information content (AvgIpc) is 2.39. The van der Waals surface area contributed by atoms with Crippen LogP contribution in [0.3, 0.4) is 0 Å². The summed E-state index contributed by atoms with van der Waals surface area (Å²) < 4.78 is 13.7. The minimum Gasteiger partial charge on any atom is -0.398 e. The first-order chi connectivity index (χ1) is 8.70. The zero-order valence-corrected chi connectivity index (χ0v) is 10.5. The fourth-order valence-electron chi connectivity index (χ4n) is 1.56. The summed E-state index contributed by atoms with van der Waals surface area (Å²) in [6.07, 6.45) is 1.14. The molecule has 0 fully saturated rings. The van der Waals surface area contributed by atoms with E-state index in [2.05, 4.69) is 0 Å². The molecule has 0 atom stereocenters. The third-order valence-corrected chi connectivity index (χ3v) is 3.63. The van der Waals surface area contributed by atoms with Gasteiger partial charge in [-0.05, 0) is 17.7 Å². The van der Waals surface area contributed by atoms with Crippen molar-refractivity contribution in [3.05, 3.63) is 59.4 Å². The Morgan fingerprint density at radius 3 is 2.61 bits per heavy atom. The van der Waals surface area contributed by atoms with Gasteiger partial charge in [-0.1, -0.05) is 30.3 Å². The van der Waals surface area contributed by atoms with Crippen molar-refractivity contribution in [2.75, 3.05) is 5.73 Å². The van der Waals surface area contributed by atoms with E-state index in [1.54, 1.807) is 6.07 Å². The van der Waals surface area contributed by atoms with Crippen LogP contribution < -0.4 is 5.73 Å². The van der Waals surface area contributed by atoms with E-state index in [1.165, 1.54) is 17.8 Å². The molecule has 92 valence electrons. The van der Waals surface area contributed by atoms with Crippen molar-refractivity contribution in [2.45, 2.75) is 10.6 Å². The molecule has 0 radical (unpaired) electrons. The highest BCUT2D eigenvalue weighted by Crippen LogP contribution is 2.28. The fraction of sp³-hybridized carbons (Fsp3) is 0.0714. The van der Waals surface area contributed by atoms with E-state index in [0.717, 1.165) is 11.8 Å². The van der Waals surface area contributed by atoms with Crippen molar-refractivity contribution in [3.8, 4) is 0 Å². The van der Waals surface area contributed by atoms with E-state index in [4.69, 9.17) is 11.1 Å². The second-order valence-electron chi connectivity index (χ2n) is 3.83. The zero-order valence-electron chi connectivity index (χ0n) is 9.69. The summed E-state index contributed by atoms with van der Waals surface area (Å²) in [7, 11) is 0. The first kappa shape index (κ1) is 12.6. The molecule has 0 aliphatic carbocycles. The normalized spacial score (nSPS) is 10.3. The van der Waals surface area contributed by atoms with Crippen molar-refractivity contribution in [1.29, 1.82) is 5.41 Å². The van der Waals surface area contributed by atoms with Crippen LogP contribution in [0.2, 0.25) is 0 Å². The Hall–Kier alpha value is -1.81. The van der Waals surface area contributed by atoms with Crippen molar-refractivity contribution < 1.29 is 4.39 Å². The third kappa shape index (κ3) is 2.90. The van der Waals surface area contributed by atoms with Crippen molar-refractivity contribution in [3.63, 3.8) is 0 Å². The molecule has 2 aromatic rings. The molecule has 0 heterocycles. The van der Waals surface area contributed by atoms with Gasteiger partial charge in [0.05, 0.1) is 0 Å². The van der Waals surface area contributed by atoms with Crippen LogP contribution in [0, 0.1) is 11.2 Å². The Bertz CT molecular complexity index is 555. The van der Waals surface area contributed by atoms with Crippen LogP contribution in [0.4, 0.5) is 10.1 Å². The molecule has 4 heteroatoms. The van der Waals surface area contributed by atoms with E-state index in [9.17, 15) is 4.39 Å². The number of rotatable bonds is 4. The van der Waals surface area contributed by atoms with E-state index < -0.39 is 0 Å². The number of benzene rings is 2. The quantitative estimate of drug-likeness (QED) is 0.500. The zero-order chi connectivity index (χ0) is 13.0. The van der Waals surface area contributed by atoms with E-state index in [-0.39, 0.29) is 5.82 Å². The Kier molecular flexibility index (Phi) is 3.99. The van der Waals surface area contributed by atoms with Crippen molar-refractivity contribution in [2.24, 2.45) is 0 Å². The lowest BCUT2D eigenvalue weighted by Crippen LogP contribution is -1.96. The highest BCUT2D eigenvalue weighted by Gasteiger charge is 2.07. The topological polar surface area (TPSA) is 49.9 Å². The highest BCUT2D eigenvalue weighted by atomic mass is 32.2. The van der Waals surface area contributed by atoms with Crippen LogP contribution in [-0.4, -0.2) is 6.21 Å². The molecule has 0 unspecified atom stereocenters. The lowest BCUT2D eigenvalue weighted by atomic mass is 10.2. The molecule has 0 saturated heterocycles. The van der Waals surface area contributed by atoms with Crippen molar-refractivity contribution >= 4 is 23.7 Å². The molecule has 18 heavy (non-hydrogen) atoms. The van der Waals surface area contributed by atoms with Gasteiger partial charge in [-0.25, -0.2) is 4.39 Å².